The summed E-state index contributed by atoms with van der Waals surface area (Å²) in [7, 11) is 0. The van der Waals surface area contributed by atoms with Crippen molar-refractivity contribution in [1.82, 2.24) is 4.90 Å². The van der Waals surface area contributed by atoms with Crippen molar-refractivity contribution in [3.63, 3.8) is 0 Å². The van der Waals surface area contributed by atoms with E-state index in [0.717, 1.165) is 21.6 Å². The maximum Gasteiger partial charge on any atom is 0.471 e. The first-order chi connectivity index (χ1) is 8.95. The lowest BCUT2D eigenvalue weighted by molar-refractivity contribution is -0.186. The van der Waals surface area contributed by atoms with Gasteiger partial charge in [-0.15, -0.1) is 0 Å². The summed E-state index contributed by atoms with van der Waals surface area (Å²) < 4.78 is 42.4. The Bertz CT molecular complexity index is 523. The molecule has 2 aliphatic heterocycles. The molecular weight excluding hydrogens is 259 g/mol. The summed E-state index contributed by atoms with van der Waals surface area (Å²) in [6.07, 6.45) is -4.27. The molecule has 3 rings (SSSR count). The van der Waals surface area contributed by atoms with Gasteiger partial charge >= 0.3 is 12.1 Å². The zero-order valence-electron chi connectivity index (χ0n) is 10.0. The van der Waals surface area contributed by atoms with Gasteiger partial charge in [0.2, 0.25) is 0 Å². The Morgan fingerprint density at radius 1 is 1.32 bits per heavy atom. The van der Waals surface area contributed by atoms with E-state index in [1.807, 2.05) is 18.2 Å². The minimum absolute atomic E-state index is 0.0221. The molecule has 1 fully saturated rings. The number of epoxide rings is 1. The van der Waals surface area contributed by atoms with Gasteiger partial charge in [0.05, 0.1) is 6.61 Å². The number of nitrogens with zero attached hydrogens (tertiary/aromatic N) is 1. The largest absolute Gasteiger partial charge is 0.471 e. The smallest absolute Gasteiger partial charge is 0.368 e. The number of amides is 1. The average Bonchev–Trinajstić information content (AvgIpc) is 3.19. The van der Waals surface area contributed by atoms with Gasteiger partial charge in [-0.2, -0.15) is 13.2 Å². The molecule has 0 aromatic heterocycles. The van der Waals surface area contributed by atoms with Crippen LogP contribution >= 0.6 is 0 Å². The van der Waals surface area contributed by atoms with Gasteiger partial charge < -0.3 is 9.64 Å². The minimum Gasteiger partial charge on any atom is -0.368 e. The predicted octanol–water partition coefficient (Wildman–Crippen LogP) is 2.20. The highest BCUT2D eigenvalue weighted by Crippen LogP contribution is 2.33. The van der Waals surface area contributed by atoms with Crippen LogP contribution in [0.2, 0.25) is 0 Å². The normalized spacial score (nSPS) is 22.1. The maximum atomic E-state index is 12.4. The highest BCUT2D eigenvalue weighted by atomic mass is 19.4. The fourth-order valence-electron chi connectivity index (χ4n) is 2.37. The monoisotopic (exact) mass is 271 g/mol. The van der Waals surface area contributed by atoms with Crippen molar-refractivity contribution in [2.24, 2.45) is 0 Å². The van der Waals surface area contributed by atoms with Crippen molar-refractivity contribution >= 4 is 5.91 Å². The summed E-state index contributed by atoms with van der Waals surface area (Å²) in [6, 6.07) is 5.71. The van der Waals surface area contributed by atoms with Crippen LogP contribution in [0, 0.1) is 0 Å². The number of carbonyl (C=O) groups is 1. The molecule has 102 valence electrons. The fraction of sp³-hybridized carbons (Fsp3) is 0.462. The van der Waals surface area contributed by atoms with Crippen LogP contribution in [0.4, 0.5) is 13.2 Å². The molecule has 2 heterocycles. The van der Waals surface area contributed by atoms with Crippen molar-refractivity contribution in [2.45, 2.75) is 25.2 Å². The summed E-state index contributed by atoms with van der Waals surface area (Å²) in [5.74, 6) is -1.76. The lowest BCUT2D eigenvalue weighted by atomic mass is 9.96. The molecule has 0 N–H and O–H groups in total. The number of fused-ring (bicyclic) bond motifs is 1. The number of hydrogen-bond acceptors (Lipinski definition) is 2. The lowest BCUT2D eigenvalue weighted by Gasteiger charge is -2.29. The van der Waals surface area contributed by atoms with Gasteiger partial charge in [-0.3, -0.25) is 4.79 Å². The highest BCUT2D eigenvalue weighted by molar-refractivity contribution is 5.82. The Labute approximate surface area is 108 Å². The number of ether oxygens (including phenoxy) is 1. The van der Waals surface area contributed by atoms with Gasteiger partial charge in [-0.05, 0) is 23.1 Å². The third-order valence-corrected chi connectivity index (χ3v) is 3.48. The van der Waals surface area contributed by atoms with Crippen molar-refractivity contribution < 1.29 is 22.7 Å². The van der Waals surface area contributed by atoms with Crippen LogP contribution in [-0.4, -0.2) is 30.1 Å². The molecule has 0 saturated carbocycles. The first-order valence-electron chi connectivity index (χ1n) is 6.04. The molecule has 6 heteroatoms. The predicted molar refractivity (Wildman–Crippen MR) is 60.3 cm³/mol. The second kappa shape index (κ2) is 4.23. The van der Waals surface area contributed by atoms with E-state index < -0.39 is 12.1 Å². The Balaban J connectivity index is 1.82. The zero-order valence-corrected chi connectivity index (χ0v) is 10.0. The van der Waals surface area contributed by atoms with Gasteiger partial charge in [0.15, 0.2) is 0 Å². The van der Waals surface area contributed by atoms with Crippen molar-refractivity contribution in [2.75, 3.05) is 13.2 Å². The third kappa shape index (κ3) is 2.45. The number of hydrogen-bond donors (Lipinski definition) is 0. The van der Waals surface area contributed by atoms with Gasteiger partial charge in [0.25, 0.3) is 0 Å². The topological polar surface area (TPSA) is 32.8 Å². The summed E-state index contributed by atoms with van der Waals surface area (Å²) in [5.41, 5.74) is 2.77. The molecule has 2 aliphatic rings. The molecular formula is C13H12F3NO2. The Hall–Kier alpha value is -1.56. The summed E-state index contributed by atoms with van der Waals surface area (Å²) in [4.78, 5) is 12.1. The van der Waals surface area contributed by atoms with Crippen LogP contribution in [-0.2, 0) is 22.5 Å². The molecule has 19 heavy (non-hydrogen) atoms. The van der Waals surface area contributed by atoms with Crippen LogP contribution in [0.15, 0.2) is 18.2 Å². The number of benzene rings is 1. The molecule has 0 spiro atoms. The molecule has 0 aliphatic carbocycles. The van der Waals surface area contributed by atoms with E-state index in [4.69, 9.17) is 4.74 Å². The maximum absolute atomic E-state index is 12.4. The van der Waals surface area contributed by atoms with Gasteiger partial charge in [0, 0.05) is 13.1 Å². The quantitative estimate of drug-likeness (QED) is 0.734. The van der Waals surface area contributed by atoms with Crippen molar-refractivity contribution in [1.29, 1.82) is 0 Å². The van der Waals surface area contributed by atoms with E-state index in [1.54, 1.807) is 0 Å². The molecule has 1 aromatic rings. The molecule has 1 saturated heterocycles. The molecule has 0 bridgehead atoms. The SMILES string of the molecule is O=C(N1CCc2ccc(C3CO3)cc2C1)C(F)(F)F. The van der Waals surface area contributed by atoms with Crippen molar-refractivity contribution in [3.8, 4) is 0 Å². The van der Waals surface area contributed by atoms with E-state index >= 15 is 0 Å². The number of rotatable bonds is 1. The first-order valence-corrected chi connectivity index (χ1v) is 6.04. The molecule has 0 radical (unpaired) electrons. The van der Waals surface area contributed by atoms with E-state index in [-0.39, 0.29) is 19.2 Å². The van der Waals surface area contributed by atoms with Crippen LogP contribution in [0.5, 0.6) is 0 Å². The second-order valence-corrected chi connectivity index (χ2v) is 4.82. The van der Waals surface area contributed by atoms with E-state index in [2.05, 4.69) is 0 Å². The third-order valence-electron chi connectivity index (χ3n) is 3.48. The molecule has 3 nitrogen and oxygen atoms in total. The zero-order chi connectivity index (χ0) is 13.6. The molecule has 1 unspecified atom stereocenters. The van der Waals surface area contributed by atoms with Gasteiger partial charge in [-0.25, -0.2) is 0 Å². The van der Waals surface area contributed by atoms with Gasteiger partial charge in [-0.1, -0.05) is 18.2 Å². The lowest BCUT2D eigenvalue weighted by Crippen LogP contribution is -2.43. The summed E-state index contributed by atoms with van der Waals surface area (Å²) in [6.45, 7) is 0.794. The molecule has 1 amide bonds. The first kappa shape index (κ1) is 12.5. The van der Waals surface area contributed by atoms with Crippen molar-refractivity contribution in [3.05, 3.63) is 34.9 Å². The number of carbonyl (C=O) groups excluding carboxylic acids is 1. The molecule has 1 atom stereocenters. The van der Waals surface area contributed by atoms with E-state index in [1.165, 1.54) is 0 Å². The number of alkyl halides is 3. The van der Waals surface area contributed by atoms with Gasteiger partial charge in [0.1, 0.15) is 6.10 Å². The summed E-state index contributed by atoms with van der Waals surface area (Å²) >= 11 is 0. The van der Waals surface area contributed by atoms with Crippen LogP contribution in [0.1, 0.15) is 22.8 Å². The van der Waals surface area contributed by atoms with Crippen LogP contribution in [0.25, 0.3) is 0 Å². The highest BCUT2D eigenvalue weighted by Gasteiger charge is 2.43. The van der Waals surface area contributed by atoms with Crippen LogP contribution in [0.3, 0.4) is 0 Å². The fourth-order valence-corrected chi connectivity index (χ4v) is 2.37. The Morgan fingerprint density at radius 2 is 2.05 bits per heavy atom. The summed E-state index contributed by atoms with van der Waals surface area (Å²) in [5, 5.41) is 0. The average molecular weight is 271 g/mol. The van der Waals surface area contributed by atoms with Crippen LogP contribution < -0.4 is 0 Å². The Kier molecular flexibility index (Phi) is 2.78. The minimum atomic E-state index is -4.80. The molecule has 1 aromatic carbocycles. The Morgan fingerprint density at radius 3 is 2.68 bits per heavy atom. The number of halogens is 3. The standard InChI is InChI=1S/C13H12F3NO2/c14-13(15,16)12(18)17-4-3-8-1-2-9(11-7-19-11)5-10(8)6-17/h1-2,5,11H,3-4,6-7H2. The van der Waals surface area contributed by atoms with E-state index in [9.17, 15) is 18.0 Å². The second-order valence-electron chi connectivity index (χ2n) is 4.82. The van der Waals surface area contributed by atoms with E-state index in [0.29, 0.717) is 13.0 Å².